The molecule has 1 N–H and O–H groups in total. The zero-order chi connectivity index (χ0) is 22.1. The Morgan fingerprint density at radius 3 is 2.39 bits per heavy atom. The molecule has 9 heteroatoms. The average molecular weight is 432 g/mol. The predicted molar refractivity (Wildman–Crippen MR) is 111 cm³/mol. The molecule has 1 fully saturated rings. The third-order valence-corrected chi connectivity index (χ3v) is 4.39. The van der Waals surface area contributed by atoms with Crippen LogP contribution in [0.4, 0.5) is 20.2 Å². The van der Waals surface area contributed by atoms with E-state index in [4.69, 9.17) is 9.47 Å². The molecule has 1 aliphatic rings. The molecule has 2 aromatic carbocycles. The first-order valence-corrected chi connectivity index (χ1v) is 9.62. The van der Waals surface area contributed by atoms with Crippen molar-refractivity contribution in [3.8, 4) is 5.75 Å². The van der Waals surface area contributed by atoms with E-state index < -0.39 is 25.1 Å². The SMILES string of the molecule is O=C(COC(=O)/C=C/c1ccc(OC(F)F)cc1)Nc1ccc(N2CCOCC2)cc1. The summed E-state index contributed by atoms with van der Waals surface area (Å²) in [5, 5.41) is 2.66. The summed E-state index contributed by atoms with van der Waals surface area (Å²) in [6.45, 7) is -0.306. The lowest BCUT2D eigenvalue weighted by molar-refractivity contribution is -0.142. The molecule has 0 aliphatic carbocycles. The Hall–Kier alpha value is -3.46. The number of hydrogen-bond donors (Lipinski definition) is 1. The second kappa shape index (κ2) is 11.1. The summed E-state index contributed by atoms with van der Waals surface area (Å²) in [6, 6.07) is 13.1. The van der Waals surface area contributed by atoms with Gasteiger partial charge in [0.15, 0.2) is 6.61 Å². The van der Waals surface area contributed by atoms with E-state index in [-0.39, 0.29) is 5.75 Å². The number of carbonyl (C=O) groups is 2. The number of halogens is 2. The molecule has 164 valence electrons. The van der Waals surface area contributed by atoms with Gasteiger partial charge in [0.25, 0.3) is 5.91 Å². The smallest absolute Gasteiger partial charge is 0.387 e. The fraction of sp³-hybridized carbons (Fsp3) is 0.273. The van der Waals surface area contributed by atoms with Crippen LogP contribution in [0.2, 0.25) is 0 Å². The van der Waals surface area contributed by atoms with Crippen molar-refractivity contribution in [3.63, 3.8) is 0 Å². The molecule has 0 aromatic heterocycles. The highest BCUT2D eigenvalue weighted by Gasteiger charge is 2.11. The third kappa shape index (κ3) is 7.38. The van der Waals surface area contributed by atoms with Gasteiger partial charge in [-0.05, 0) is 48.0 Å². The van der Waals surface area contributed by atoms with Crippen molar-refractivity contribution < 1.29 is 32.6 Å². The molecule has 7 nitrogen and oxygen atoms in total. The van der Waals surface area contributed by atoms with Gasteiger partial charge in [0, 0.05) is 30.5 Å². The van der Waals surface area contributed by atoms with Crippen molar-refractivity contribution in [1.82, 2.24) is 0 Å². The molecule has 3 rings (SSSR count). The maximum atomic E-state index is 12.1. The minimum absolute atomic E-state index is 0.0179. The molecule has 31 heavy (non-hydrogen) atoms. The van der Waals surface area contributed by atoms with E-state index in [2.05, 4.69) is 15.0 Å². The second-order valence-corrected chi connectivity index (χ2v) is 6.58. The van der Waals surface area contributed by atoms with Gasteiger partial charge in [-0.3, -0.25) is 4.79 Å². The number of anilines is 2. The lowest BCUT2D eigenvalue weighted by atomic mass is 10.2. The first kappa shape index (κ1) is 22.2. The van der Waals surface area contributed by atoms with E-state index in [0.29, 0.717) is 24.5 Å². The highest BCUT2D eigenvalue weighted by atomic mass is 19.3. The zero-order valence-corrected chi connectivity index (χ0v) is 16.6. The average Bonchev–Trinajstić information content (AvgIpc) is 2.78. The summed E-state index contributed by atoms with van der Waals surface area (Å²) in [5.41, 5.74) is 2.23. The molecule has 0 radical (unpaired) electrons. The predicted octanol–water partition coefficient (Wildman–Crippen LogP) is 3.32. The molecule has 0 spiro atoms. The van der Waals surface area contributed by atoms with E-state index in [0.717, 1.165) is 24.9 Å². The van der Waals surface area contributed by atoms with Crippen LogP contribution < -0.4 is 15.0 Å². The number of ether oxygens (including phenoxy) is 3. The van der Waals surface area contributed by atoms with Crippen molar-refractivity contribution in [1.29, 1.82) is 0 Å². The van der Waals surface area contributed by atoms with Crippen LogP contribution in [0.25, 0.3) is 6.08 Å². The molecular weight excluding hydrogens is 410 g/mol. The Morgan fingerprint density at radius 2 is 1.74 bits per heavy atom. The Kier molecular flexibility index (Phi) is 7.94. The standard InChI is InChI=1S/C22H22F2N2O5/c23-22(24)31-19-8-1-16(2-9-19)3-10-21(28)30-15-20(27)25-17-4-6-18(7-5-17)26-11-13-29-14-12-26/h1-10,22H,11-15H2,(H,25,27)/b10-3+. The first-order chi connectivity index (χ1) is 15.0. The highest BCUT2D eigenvalue weighted by molar-refractivity contribution is 5.94. The van der Waals surface area contributed by atoms with E-state index in [1.165, 1.54) is 30.3 Å². The van der Waals surface area contributed by atoms with E-state index in [1.807, 2.05) is 12.1 Å². The first-order valence-electron chi connectivity index (χ1n) is 9.62. The van der Waals surface area contributed by atoms with E-state index >= 15 is 0 Å². The fourth-order valence-corrected chi connectivity index (χ4v) is 2.88. The molecule has 0 saturated carbocycles. The zero-order valence-electron chi connectivity index (χ0n) is 16.6. The minimum Gasteiger partial charge on any atom is -0.452 e. The van der Waals surface area contributed by atoms with Crippen LogP contribution in [0.15, 0.2) is 54.6 Å². The maximum absolute atomic E-state index is 12.1. The van der Waals surface area contributed by atoms with Gasteiger partial charge >= 0.3 is 12.6 Å². The van der Waals surface area contributed by atoms with Gasteiger partial charge in [-0.1, -0.05) is 12.1 Å². The number of amides is 1. The van der Waals surface area contributed by atoms with Gasteiger partial charge in [-0.2, -0.15) is 8.78 Å². The molecule has 2 aromatic rings. The van der Waals surface area contributed by atoms with Gasteiger partial charge in [0.2, 0.25) is 0 Å². The monoisotopic (exact) mass is 432 g/mol. The lowest BCUT2D eigenvalue weighted by Gasteiger charge is -2.28. The quantitative estimate of drug-likeness (QED) is 0.510. The maximum Gasteiger partial charge on any atom is 0.387 e. The van der Waals surface area contributed by atoms with Crippen molar-refractivity contribution in [2.24, 2.45) is 0 Å². The Bertz CT molecular complexity index is 895. The van der Waals surface area contributed by atoms with Gasteiger partial charge < -0.3 is 24.4 Å². The summed E-state index contributed by atoms with van der Waals surface area (Å²) < 4.78 is 38.7. The van der Waals surface area contributed by atoms with Gasteiger partial charge in [0.1, 0.15) is 5.75 Å². The van der Waals surface area contributed by atoms with Gasteiger partial charge in [0.05, 0.1) is 13.2 Å². The number of hydrogen-bond acceptors (Lipinski definition) is 6. The summed E-state index contributed by atoms with van der Waals surface area (Å²) in [6.07, 6.45) is 2.59. The van der Waals surface area contributed by atoms with Gasteiger partial charge in [-0.25, -0.2) is 4.79 Å². The van der Waals surface area contributed by atoms with Crippen LogP contribution in [0, 0.1) is 0 Å². The molecule has 0 atom stereocenters. The third-order valence-electron chi connectivity index (χ3n) is 4.39. The second-order valence-electron chi connectivity index (χ2n) is 6.58. The number of morpholine rings is 1. The Morgan fingerprint density at radius 1 is 1.06 bits per heavy atom. The number of nitrogens with one attached hydrogen (secondary N) is 1. The summed E-state index contributed by atoms with van der Waals surface area (Å²) in [7, 11) is 0. The molecule has 1 amide bonds. The summed E-state index contributed by atoms with van der Waals surface area (Å²) in [4.78, 5) is 26.0. The van der Waals surface area contributed by atoms with Gasteiger partial charge in [-0.15, -0.1) is 0 Å². The highest BCUT2D eigenvalue weighted by Crippen LogP contribution is 2.19. The van der Waals surface area contributed by atoms with Crippen LogP contribution in [-0.4, -0.2) is 51.4 Å². The van der Waals surface area contributed by atoms with Crippen LogP contribution in [-0.2, 0) is 19.1 Å². The van der Waals surface area contributed by atoms with Crippen molar-refractivity contribution >= 4 is 29.3 Å². The molecule has 1 aliphatic heterocycles. The topological polar surface area (TPSA) is 77.1 Å². The summed E-state index contributed by atoms with van der Waals surface area (Å²) in [5.74, 6) is -1.15. The Balaban J connectivity index is 1.41. The van der Waals surface area contributed by atoms with Crippen LogP contribution in [0.1, 0.15) is 5.56 Å². The number of esters is 1. The number of rotatable bonds is 8. The molecule has 1 saturated heterocycles. The molecule has 1 heterocycles. The lowest BCUT2D eigenvalue weighted by Crippen LogP contribution is -2.36. The van der Waals surface area contributed by atoms with Crippen molar-refractivity contribution in [2.45, 2.75) is 6.61 Å². The molecule has 0 unspecified atom stereocenters. The largest absolute Gasteiger partial charge is 0.452 e. The Labute approximate surface area is 178 Å². The molecular formula is C22H22F2N2O5. The minimum atomic E-state index is -2.90. The number of carbonyl (C=O) groups excluding carboxylic acids is 2. The number of nitrogens with zero attached hydrogens (tertiary/aromatic N) is 1. The van der Waals surface area contributed by atoms with Crippen LogP contribution in [0.5, 0.6) is 5.75 Å². The molecule has 0 bridgehead atoms. The van der Waals surface area contributed by atoms with Crippen LogP contribution >= 0.6 is 0 Å². The number of alkyl halides is 2. The summed E-state index contributed by atoms with van der Waals surface area (Å²) >= 11 is 0. The van der Waals surface area contributed by atoms with E-state index in [9.17, 15) is 18.4 Å². The van der Waals surface area contributed by atoms with E-state index in [1.54, 1.807) is 12.1 Å². The normalized spacial score (nSPS) is 14.0. The van der Waals surface area contributed by atoms with Crippen molar-refractivity contribution in [3.05, 3.63) is 60.2 Å². The van der Waals surface area contributed by atoms with Crippen LogP contribution in [0.3, 0.4) is 0 Å². The number of benzene rings is 2. The van der Waals surface area contributed by atoms with Crippen molar-refractivity contribution in [2.75, 3.05) is 43.1 Å². The fourth-order valence-electron chi connectivity index (χ4n) is 2.88.